The van der Waals surface area contributed by atoms with Gasteiger partial charge in [0.2, 0.25) is 0 Å². The van der Waals surface area contributed by atoms with E-state index in [1.807, 2.05) is 26.0 Å². The summed E-state index contributed by atoms with van der Waals surface area (Å²) in [6.45, 7) is 4.89. The third kappa shape index (κ3) is 5.45. The minimum atomic E-state index is -0.331. The second-order valence-corrected chi connectivity index (χ2v) is 6.00. The number of methoxy groups -OCH3 is 1. The Balaban J connectivity index is 2.69. The zero-order valence-electron chi connectivity index (χ0n) is 12.9. The number of nitrogens with zero attached hydrogens (tertiary/aromatic N) is 1. The van der Waals surface area contributed by atoms with Crippen LogP contribution < -0.4 is 15.2 Å². The van der Waals surface area contributed by atoms with Gasteiger partial charge in [-0.15, -0.1) is 0 Å². The summed E-state index contributed by atoms with van der Waals surface area (Å²) in [7, 11) is 1.59. The third-order valence-electron chi connectivity index (χ3n) is 3.22. The fourth-order valence-electron chi connectivity index (χ4n) is 1.97. The second-order valence-electron chi connectivity index (χ2n) is 5.60. The van der Waals surface area contributed by atoms with Crippen molar-refractivity contribution in [2.75, 3.05) is 20.3 Å². The molecule has 21 heavy (non-hydrogen) atoms. The van der Waals surface area contributed by atoms with Gasteiger partial charge in [-0.3, -0.25) is 0 Å². The molecule has 1 rings (SSSR count). The summed E-state index contributed by atoms with van der Waals surface area (Å²) in [4.78, 5) is 0. The van der Waals surface area contributed by atoms with Crippen LogP contribution in [0.25, 0.3) is 0 Å². The smallest absolute Gasteiger partial charge is 0.179 e. The second kappa shape index (κ2) is 8.11. The molecule has 0 radical (unpaired) electrons. The topological polar surface area (TPSA) is 68.3 Å². The molecule has 116 valence electrons. The Kier molecular flexibility index (Phi) is 6.80. The van der Waals surface area contributed by atoms with Crippen molar-refractivity contribution < 1.29 is 9.47 Å². The monoisotopic (exact) mass is 310 g/mol. The Morgan fingerprint density at radius 1 is 1.38 bits per heavy atom. The predicted molar refractivity (Wildman–Crippen MR) is 84.9 cm³/mol. The van der Waals surface area contributed by atoms with Crippen molar-refractivity contribution in [1.82, 2.24) is 0 Å². The number of nitriles is 1. The van der Waals surface area contributed by atoms with Crippen molar-refractivity contribution in [3.63, 3.8) is 0 Å². The lowest BCUT2D eigenvalue weighted by molar-refractivity contribution is 0.270. The van der Waals surface area contributed by atoms with E-state index in [-0.39, 0.29) is 5.41 Å². The molecule has 0 unspecified atom stereocenters. The van der Waals surface area contributed by atoms with Crippen LogP contribution in [-0.2, 0) is 6.42 Å². The highest BCUT2D eigenvalue weighted by Gasteiger charge is 2.17. The van der Waals surface area contributed by atoms with Crippen molar-refractivity contribution in [3.05, 3.63) is 22.7 Å². The Morgan fingerprint density at radius 3 is 2.67 bits per heavy atom. The summed E-state index contributed by atoms with van der Waals surface area (Å²) in [6, 6.07) is 6.03. The first-order valence-electron chi connectivity index (χ1n) is 7.04. The maximum absolute atomic E-state index is 8.98. The van der Waals surface area contributed by atoms with E-state index in [1.165, 1.54) is 0 Å². The van der Waals surface area contributed by atoms with Gasteiger partial charge in [0.15, 0.2) is 11.5 Å². The molecule has 1 aromatic rings. The van der Waals surface area contributed by atoms with E-state index >= 15 is 0 Å². The minimum Gasteiger partial charge on any atom is -0.493 e. The number of ether oxygens (including phenoxy) is 2. The molecule has 0 amide bonds. The third-order valence-corrected chi connectivity index (χ3v) is 3.50. The van der Waals surface area contributed by atoms with E-state index in [1.54, 1.807) is 7.11 Å². The fraction of sp³-hybridized carbons (Fsp3) is 0.562. The lowest BCUT2D eigenvalue weighted by Gasteiger charge is -2.17. The highest BCUT2D eigenvalue weighted by Crippen LogP contribution is 2.36. The standard InChI is InChI=1S/C16H23ClN2O2/c1-16(2,11-19)6-4-8-21-15-13(17)9-12(5-7-18)10-14(15)20-3/h9-10H,4-8,18H2,1-3H3. The molecule has 2 N–H and O–H groups in total. The number of hydrogen-bond donors (Lipinski definition) is 1. The van der Waals surface area contributed by atoms with E-state index in [0.717, 1.165) is 24.8 Å². The molecule has 0 aliphatic carbocycles. The predicted octanol–water partition coefficient (Wildman–Crippen LogP) is 3.56. The number of hydrogen-bond acceptors (Lipinski definition) is 4. The largest absolute Gasteiger partial charge is 0.493 e. The van der Waals surface area contributed by atoms with Gasteiger partial charge in [0.25, 0.3) is 0 Å². The fourth-order valence-corrected chi connectivity index (χ4v) is 2.26. The average molecular weight is 311 g/mol. The van der Waals surface area contributed by atoms with E-state index < -0.39 is 0 Å². The van der Waals surface area contributed by atoms with Gasteiger partial charge in [-0.05, 0) is 57.4 Å². The van der Waals surface area contributed by atoms with Crippen LogP contribution in [0.2, 0.25) is 5.02 Å². The van der Waals surface area contributed by atoms with Crippen molar-refractivity contribution >= 4 is 11.6 Å². The molecule has 0 aliphatic rings. The van der Waals surface area contributed by atoms with E-state index in [4.69, 9.17) is 32.1 Å². The molecule has 0 aliphatic heterocycles. The minimum absolute atomic E-state index is 0.331. The van der Waals surface area contributed by atoms with Crippen LogP contribution in [0.1, 0.15) is 32.3 Å². The lowest BCUT2D eigenvalue weighted by Crippen LogP contribution is -2.10. The highest BCUT2D eigenvalue weighted by molar-refractivity contribution is 6.32. The number of halogens is 1. The van der Waals surface area contributed by atoms with Crippen LogP contribution in [-0.4, -0.2) is 20.3 Å². The summed E-state index contributed by atoms with van der Waals surface area (Å²) in [5.74, 6) is 1.17. The van der Waals surface area contributed by atoms with E-state index in [9.17, 15) is 0 Å². The molecule has 5 heteroatoms. The van der Waals surface area contributed by atoms with Crippen molar-refractivity contribution in [2.45, 2.75) is 33.1 Å². The average Bonchev–Trinajstić information content (AvgIpc) is 2.45. The Morgan fingerprint density at radius 2 is 2.10 bits per heavy atom. The zero-order valence-corrected chi connectivity index (χ0v) is 13.7. The Hall–Kier alpha value is -1.44. The summed E-state index contributed by atoms with van der Waals surface area (Å²) in [5, 5.41) is 9.50. The van der Waals surface area contributed by atoms with Crippen LogP contribution >= 0.6 is 11.6 Å². The first-order valence-corrected chi connectivity index (χ1v) is 7.42. The van der Waals surface area contributed by atoms with Crippen LogP contribution in [0.3, 0.4) is 0 Å². The molecule has 0 atom stereocenters. The Bertz CT molecular complexity index is 510. The summed E-state index contributed by atoms with van der Waals surface area (Å²) in [5.41, 5.74) is 6.24. The first-order chi connectivity index (χ1) is 9.93. The molecule has 0 saturated carbocycles. The van der Waals surface area contributed by atoms with Gasteiger partial charge in [-0.25, -0.2) is 0 Å². The molecule has 0 bridgehead atoms. The molecule has 4 nitrogen and oxygen atoms in total. The summed E-state index contributed by atoms with van der Waals surface area (Å²) < 4.78 is 11.1. The van der Waals surface area contributed by atoms with Crippen LogP contribution in [0.4, 0.5) is 0 Å². The summed E-state index contributed by atoms with van der Waals surface area (Å²) >= 11 is 6.25. The molecule has 0 heterocycles. The van der Waals surface area contributed by atoms with E-state index in [0.29, 0.717) is 29.7 Å². The molecular weight excluding hydrogens is 288 g/mol. The first kappa shape index (κ1) is 17.6. The highest BCUT2D eigenvalue weighted by atomic mass is 35.5. The van der Waals surface area contributed by atoms with Gasteiger partial charge >= 0.3 is 0 Å². The molecule has 0 spiro atoms. The van der Waals surface area contributed by atoms with Gasteiger partial charge in [0.05, 0.1) is 30.2 Å². The molecule has 0 aromatic heterocycles. The van der Waals surface area contributed by atoms with Crippen LogP contribution in [0, 0.1) is 16.7 Å². The molecule has 0 saturated heterocycles. The maximum Gasteiger partial charge on any atom is 0.179 e. The number of rotatable bonds is 8. The Labute approximate surface area is 131 Å². The maximum atomic E-state index is 8.98. The van der Waals surface area contributed by atoms with Crippen molar-refractivity contribution in [1.29, 1.82) is 5.26 Å². The van der Waals surface area contributed by atoms with Gasteiger partial charge in [0.1, 0.15) is 0 Å². The van der Waals surface area contributed by atoms with E-state index in [2.05, 4.69) is 6.07 Å². The molecular formula is C16H23ClN2O2. The van der Waals surface area contributed by atoms with Crippen LogP contribution in [0.5, 0.6) is 11.5 Å². The quantitative estimate of drug-likeness (QED) is 0.745. The van der Waals surface area contributed by atoms with Crippen LogP contribution in [0.15, 0.2) is 12.1 Å². The van der Waals surface area contributed by atoms with Crippen molar-refractivity contribution in [3.8, 4) is 17.6 Å². The van der Waals surface area contributed by atoms with Gasteiger partial charge in [-0.2, -0.15) is 5.26 Å². The van der Waals surface area contributed by atoms with Gasteiger partial charge < -0.3 is 15.2 Å². The molecule has 1 aromatic carbocycles. The van der Waals surface area contributed by atoms with Crippen molar-refractivity contribution in [2.24, 2.45) is 11.1 Å². The number of nitrogens with two attached hydrogens (primary N) is 1. The molecule has 0 fully saturated rings. The lowest BCUT2D eigenvalue weighted by atomic mass is 9.90. The number of benzene rings is 1. The SMILES string of the molecule is COc1cc(CCN)cc(Cl)c1OCCCC(C)(C)C#N. The summed E-state index contributed by atoms with van der Waals surface area (Å²) in [6.07, 6.45) is 2.30. The van der Waals surface area contributed by atoms with Gasteiger partial charge in [0, 0.05) is 0 Å². The van der Waals surface area contributed by atoms with Gasteiger partial charge in [-0.1, -0.05) is 11.6 Å². The normalized spacial score (nSPS) is 11.0. The zero-order chi connectivity index (χ0) is 15.9.